The fraction of sp³-hybridized carbons (Fsp3) is 0.300. The Hall–Kier alpha value is -3.17. The van der Waals surface area contributed by atoms with Gasteiger partial charge in [-0.3, -0.25) is 4.79 Å². The smallest absolute Gasteiger partial charge is 0.230 e. The zero-order chi connectivity index (χ0) is 23.0. The van der Waals surface area contributed by atoms with Gasteiger partial charge in [0.25, 0.3) is 0 Å². The van der Waals surface area contributed by atoms with Crippen LogP contribution < -0.4 is 4.90 Å². The molecule has 3 aromatic carbocycles. The first-order chi connectivity index (χ1) is 16.0. The highest BCUT2D eigenvalue weighted by Gasteiger charge is 2.50. The van der Waals surface area contributed by atoms with Gasteiger partial charge in [-0.1, -0.05) is 90.0 Å². The Morgan fingerprint density at radius 3 is 2.00 bits per heavy atom. The number of anilines is 1. The van der Waals surface area contributed by atoms with E-state index >= 15 is 0 Å². The lowest BCUT2D eigenvalue weighted by atomic mass is 9.78. The van der Waals surface area contributed by atoms with Gasteiger partial charge in [0.1, 0.15) is 5.60 Å². The van der Waals surface area contributed by atoms with Gasteiger partial charge in [0.05, 0.1) is 6.04 Å². The van der Waals surface area contributed by atoms with Crippen LogP contribution in [0.15, 0.2) is 96.1 Å². The third-order valence-corrected chi connectivity index (χ3v) is 7.62. The minimum absolute atomic E-state index is 0.0573. The Labute approximate surface area is 196 Å². The summed E-state index contributed by atoms with van der Waals surface area (Å²) in [6.45, 7) is 4.32. The van der Waals surface area contributed by atoms with E-state index in [0.29, 0.717) is 6.42 Å². The first kappa shape index (κ1) is 21.7. The Bertz CT molecular complexity index is 1140. The summed E-state index contributed by atoms with van der Waals surface area (Å²) in [5.41, 5.74) is 5.06. The number of carbonyl (C=O) groups excluding carboxylic acids is 1. The predicted molar refractivity (Wildman–Crippen MR) is 133 cm³/mol. The Balaban J connectivity index is 1.64. The molecule has 3 heteroatoms. The summed E-state index contributed by atoms with van der Waals surface area (Å²) in [7, 11) is 0. The second kappa shape index (κ2) is 8.64. The van der Waals surface area contributed by atoms with Crippen LogP contribution in [0.1, 0.15) is 49.8 Å². The van der Waals surface area contributed by atoms with Crippen molar-refractivity contribution in [1.82, 2.24) is 0 Å². The van der Waals surface area contributed by atoms with Crippen LogP contribution in [0, 0.1) is 5.92 Å². The molecule has 1 aliphatic carbocycles. The molecule has 1 N–H and O–H groups in total. The number of hydrogen-bond acceptors (Lipinski definition) is 2. The quantitative estimate of drug-likeness (QED) is 0.507. The molecule has 1 amide bonds. The monoisotopic (exact) mass is 437 g/mol. The summed E-state index contributed by atoms with van der Waals surface area (Å²) >= 11 is 0. The molecule has 5 rings (SSSR count). The highest BCUT2D eigenvalue weighted by Crippen LogP contribution is 2.45. The summed E-state index contributed by atoms with van der Waals surface area (Å²) < 4.78 is 0. The van der Waals surface area contributed by atoms with Crippen LogP contribution in [0.25, 0.3) is 0 Å². The van der Waals surface area contributed by atoms with E-state index in [2.05, 4.69) is 19.9 Å². The van der Waals surface area contributed by atoms with Gasteiger partial charge in [-0.25, -0.2) is 0 Å². The lowest BCUT2D eigenvalue weighted by Gasteiger charge is -2.41. The van der Waals surface area contributed by atoms with Crippen LogP contribution in [-0.4, -0.2) is 17.1 Å². The van der Waals surface area contributed by atoms with Crippen molar-refractivity contribution in [2.24, 2.45) is 5.92 Å². The molecular formula is C30H31NO2. The standard InChI is InChI=1S/C30H31NO2/c1-21-17-18-24(19-22(21)2)29(32)31-27-16-10-9-11-23(27)20-28(31)30(33,25-12-5-3-6-13-25)26-14-7-4-8-15-26/h3-16,24,28,33H,17-20H2,1-2H3/t24-,28-/m0/s1. The number of allylic oxidation sites excluding steroid dienone is 2. The van der Waals surface area contributed by atoms with E-state index in [9.17, 15) is 9.90 Å². The van der Waals surface area contributed by atoms with Gasteiger partial charge in [0, 0.05) is 11.6 Å². The lowest BCUT2D eigenvalue weighted by molar-refractivity contribution is -0.124. The normalized spacial score (nSPS) is 20.6. The van der Waals surface area contributed by atoms with Gasteiger partial charge in [0.15, 0.2) is 0 Å². The van der Waals surface area contributed by atoms with E-state index < -0.39 is 11.6 Å². The fourth-order valence-electron chi connectivity index (χ4n) is 5.59. The van der Waals surface area contributed by atoms with Gasteiger partial charge in [-0.05, 0) is 62.3 Å². The molecule has 3 aromatic rings. The van der Waals surface area contributed by atoms with E-state index in [1.165, 1.54) is 11.1 Å². The predicted octanol–water partition coefficient (Wildman–Crippen LogP) is 6.02. The number of hydrogen-bond donors (Lipinski definition) is 1. The van der Waals surface area contributed by atoms with Crippen molar-refractivity contribution in [2.45, 2.75) is 51.2 Å². The molecule has 2 aliphatic rings. The summed E-state index contributed by atoms with van der Waals surface area (Å²) in [4.78, 5) is 16.1. The summed E-state index contributed by atoms with van der Waals surface area (Å²) in [5, 5.41) is 12.5. The highest BCUT2D eigenvalue weighted by molar-refractivity contribution is 5.98. The molecule has 1 aliphatic heterocycles. The maximum absolute atomic E-state index is 14.1. The zero-order valence-corrected chi connectivity index (χ0v) is 19.4. The molecule has 3 nitrogen and oxygen atoms in total. The Morgan fingerprint density at radius 1 is 0.818 bits per heavy atom. The lowest BCUT2D eigenvalue weighted by Crippen LogP contribution is -2.54. The van der Waals surface area contributed by atoms with Crippen molar-refractivity contribution in [3.05, 3.63) is 113 Å². The third kappa shape index (κ3) is 3.71. The largest absolute Gasteiger partial charge is 0.378 e. The van der Waals surface area contributed by atoms with Crippen molar-refractivity contribution in [3.63, 3.8) is 0 Å². The van der Waals surface area contributed by atoms with Gasteiger partial charge in [-0.2, -0.15) is 0 Å². The minimum atomic E-state index is -1.33. The maximum Gasteiger partial charge on any atom is 0.230 e. The van der Waals surface area contributed by atoms with Gasteiger partial charge in [0.2, 0.25) is 5.91 Å². The third-order valence-electron chi connectivity index (χ3n) is 7.62. The maximum atomic E-state index is 14.1. The first-order valence-corrected chi connectivity index (χ1v) is 11.9. The number of nitrogens with zero attached hydrogens (tertiary/aromatic N) is 1. The van der Waals surface area contributed by atoms with Gasteiger partial charge >= 0.3 is 0 Å². The first-order valence-electron chi connectivity index (χ1n) is 11.9. The van der Waals surface area contributed by atoms with E-state index in [-0.39, 0.29) is 11.8 Å². The Kier molecular flexibility index (Phi) is 5.67. The van der Waals surface area contributed by atoms with E-state index in [0.717, 1.165) is 41.6 Å². The highest BCUT2D eigenvalue weighted by atomic mass is 16.3. The second-order valence-electron chi connectivity index (χ2n) is 9.56. The molecule has 0 bridgehead atoms. The van der Waals surface area contributed by atoms with Crippen LogP contribution >= 0.6 is 0 Å². The van der Waals surface area contributed by atoms with Crippen molar-refractivity contribution in [2.75, 3.05) is 4.90 Å². The number of para-hydroxylation sites is 1. The second-order valence-corrected chi connectivity index (χ2v) is 9.56. The molecule has 2 atom stereocenters. The molecule has 1 heterocycles. The topological polar surface area (TPSA) is 40.5 Å². The van der Waals surface area contributed by atoms with Crippen LogP contribution in [0.5, 0.6) is 0 Å². The van der Waals surface area contributed by atoms with Crippen LogP contribution in [0.3, 0.4) is 0 Å². The minimum Gasteiger partial charge on any atom is -0.378 e. The molecule has 0 radical (unpaired) electrons. The molecule has 0 unspecified atom stereocenters. The molecule has 0 aromatic heterocycles. The van der Waals surface area contributed by atoms with Crippen molar-refractivity contribution >= 4 is 11.6 Å². The number of carbonyl (C=O) groups is 1. The molecule has 0 saturated heterocycles. The number of aliphatic hydroxyl groups is 1. The number of benzene rings is 3. The summed E-state index contributed by atoms with van der Waals surface area (Å²) in [6.07, 6.45) is 3.24. The average molecular weight is 438 g/mol. The summed E-state index contributed by atoms with van der Waals surface area (Å²) in [5.74, 6) is 0.0697. The van der Waals surface area contributed by atoms with Crippen LogP contribution in [0.2, 0.25) is 0 Å². The van der Waals surface area contributed by atoms with Crippen molar-refractivity contribution < 1.29 is 9.90 Å². The molecule has 0 fully saturated rings. The summed E-state index contributed by atoms with van der Waals surface area (Å²) in [6, 6.07) is 27.3. The zero-order valence-electron chi connectivity index (χ0n) is 19.4. The van der Waals surface area contributed by atoms with E-state index in [1.807, 2.05) is 83.8 Å². The number of amides is 1. The van der Waals surface area contributed by atoms with Crippen LogP contribution in [0.4, 0.5) is 5.69 Å². The van der Waals surface area contributed by atoms with Gasteiger partial charge < -0.3 is 10.0 Å². The Morgan fingerprint density at radius 2 is 1.39 bits per heavy atom. The molecule has 33 heavy (non-hydrogen) atoms. The molecule has 0 spiro atoms. The van der Waals surface area contributed by atoms with E-state index in [1.54, 1.807) is 0 Å². The van der Waals surface area contributed by atoms with Crippen molar-refractivity contribution in [1.29, 1.82) is 0 Å². The van der Waals surface area contributed by atoms with Crippen LogP contribution in [-0.2, 0) is 16.8 Å². The van der Waals surface area contributed by atoms with Crippen molar-refractivity contribution in [3.8, 4) is 0 Å². The molecular weight excluding hydrogens is 406 g/mol. The van der Waals surface area contributed by atoms with E-state index in [4.69, 9.17) is 0 Å². The number of fused-ring (bicyclic) bond motifs is 1. The fourth-order valence-corrected chi connectivity index (χ4v) is 5.59. The average Bonchev–Trinajstić information content (AvgIpc) is 3.26. The molecule has 0 saturated carbocycles. The molecule has 168 valence electrons. The SMILES string of the molecule is CC1=C(C)C[C@@H](C(=O)N2c3ccccc3C[C@H]2C(O)(c2ccccc2)c2ccccc2)CC1. The van der Waals surface area contributed by atoms with Gasteiger partial charge in [-0.15, -0.1) is 0 Å². The number of rotatable bonds is 4.